The van der Waals surface area contributed by atoms with Crippen LogP contribution in [0.1, 0.15) is 15.9 Å². The van der Waals surface area contributed by atoms with Crippen LogP contribution < -0.4 is 15.4 Å². The van der Waals surface area contributed by atoms with Crippen LogP contribution in [0.4, 0.5) is 23.7 Å². The first-order valence-electron chi connectivity index (χ1n) is 13.2. The Morgan fingerprint density at radius 3 is 2.48 bits per heavy atom. The lowest BCUT2D eigenvalue weighted by Gasteiger charge is -2.21. The Labute approximate surface area is 240 Å². The minimum Gasteiger partial charge on any atom is -0.497 e. The zero-order valence-corrected chi connectivity index (χ0v) is 22.7. The van der Waals surface area contributed by atoms with Crippen molar-refractivity contribution in [3.05, 3.63) is 120 Å². The predicted molar refractivity (Wildman–Crippen MR) is 152 cm³/mol. The first kappa shape index (κ1) is 28.7. The lowest BCUT2D eigenvalue weighted by molar-refractivity contribution is 0.0277. The second kappa shape index (κ2) is 12.8. The van der Waals surface area contributed by atoms with Crippen molar-refractivity contribution in [2.75, 3.05) is 25.5 Å². The predicted octanol–water partition coefficient (Wildman–Crippen LogP) is 6.01. The third-order valence-corrected chi connectivity index (χ3v) is 6.92. The molecule has 216 valence electrons. The molecule has 0 spiro atoms. The number of nitrogens with one attached hydrogen (secondary N) is 2. The van der Waals surface area contributed by atoms with Crippen molar-refractivity contribution in [2.45, 2.75) is 18.7 Å². The number of anilines is 1. The number of nitrogens with zero attached hydrogens (tertiary/aromatic N) is 1. The van der Waals surface area contributed by atoms with E-state index in [4.69, 9.17) is 9.47 Å². The van der Waals surface area contributed by atoms with E-state index in [9.17, 15) is 22.8 Å². The van der Waals surface area contributed by atoms with Gasteiger partial charge in [-0.2, -0.15) is 0 Å². The van der Waals surface area contributed by atoms with Gasteiger partial charge in [-0.15, -0.1) is 0 Å². The fourth-order valence-electron chi connectivity index (χ4n) is 4.90. The number of esters is 1. The van der Waals surface area contributed by atoms with E-state index < -0.39 is 41.6 Å². The normalized spacial score (nSPS) is 16.6. The molecule has 0 saturated carbocycles. The Hall–Kier alpha value is -4.83. The van der Waals surface area contributed by atoms with E-state index in [-0.39, 0.29) is 16.8 Å². The molecular weight excluding hydrogens is 547 g/mol. The van der Waals surface area contributed by atoms with Gasteiger partial charge < -0.3 is 20.1 Å². The molecule has 1 fully saturated rings. The SMILES string of the molecule is COc1cccc(CN2C[C@H](NC(=O)Nc3ccccc3F)[C@@H](OC(=O)c3cccc(-c4ccc(F)cc4F)c3)C2)c1. The van der Waals surface area contributed by atoms with E-state index in [1.165, 1.54) is 36.4 Å². The van der Waals surface area contributed by atoms with Crippen LogP contribution in [0.2, 0.25) is 0 Å². The maximum Gasteiger partial charge on any atom is 0.338 e. The highest BCUT2D eigenvalue weighted by Gasteiger charge is 2.37. The summed E-state index contributed by atoms with van der Waals surface area (Å²) >= 11 is 0. The number of hydrogen-bond donors (Lipinski definition) is 2. The Morgan fingerprint density at radius 2 is 1.69 bits per heavy atom. The van der Waals surface area contributed by atoms with Gasteiger partial charge in [0.15, 0.2) is 0 Å². The molecule has 0 radical (unpaired) electrons. The van der Waals surface area contributed by atoms with Crippen molar-refractivity contribution < 1.29 is 32.2 Å². The summed E-state index contributed by atoms with van der Waals surface area (Å²) in [5, 5.41) is 5.30. The fraction of sp³-hybridized carbons (Fsp3) is 0.188. The van der Waals surface area contributed by atoms with Gasteiger partial charge in [-0.1, -0.05) is 36.4 Å². The largest absolute Gasteiger partial charge is 0.497 e. The van der Waals surface area contributed by atoms with Crippen molar-refractivity contribution in [3.8, 4) is 16.9 Å². The molecule has 1 aliphatic rings. The van der Waals surface area contributed by atoms with Crippen molar-refractivity contribution in [1.82, 2.24) is 10.2 Å². The molecule has 7 nitrogen and oxygen atoms in total. The molecule has 10 heteroatoms. The molecule has 0 unspecified atom stereocenters. The minimum atomic E-state index is -0.755. The fourth-order valence-corrected chi connectivity index (χ4v) is 4.90. The van der Waals surface area contributed by atoms with Crippen LogP contribution in [0.3, 0.4) is 0 Å². The summed E-state index contributed by atoms with van der Waals surface area (Å²) in [6.45, 7) is 1.15. The Balaban J connectivity index is 1.33. The van der Waals surface area contributed by atoms with Crippen LogP contribution in [0.25, 0.3) is 11.1 Å². The van der Waals surface area contributed by atoms with Crippen LogP contribution in [-0.2, 0) is 11.3 Å². The number of methoxy groups -OCH3 is 1. The van der Waals surface area contributed by atoms with Gasteiger partial charge in [0.2, 0.25) is 0 Å². The first-order valence-corrected chi connectivity index (χ1v) is 13.2. The maximum absolute atomic E-state index is 14.4. The zero-order valence-electron chi connectivity index (χ0n) is 22.7. The molecular formula is C32H28F3N3O4. The summed E-state index contributed by atoms with van der Waals surface area (Å²) in [4.78, 5) is 28.1. The van der Waals surface area contributed by atoms with Crippen LogP contribution >= 0.6 is 0 Å². The molecule has 4 aromatic rings. The Bertz CT molecular complexity index is 1600. The molecule has 42 heavy (non-hydrogen) atoms. The quantitative estimate of drug-likeness (QED) is 0.252. The lowest BCUT2D eigenvalue weighted by Crippen LogP contribution is -2.46. The van der Waals surface area contributed by atoms with Gasteiger partial charge in [0, 0.05) is 31.3 Å². The van der Waals surface area contributed by atoms with Crippen molar-refractivity contribution in [2.24, 2.45) is 0 Å². The number of urea groups is 1. The van der Waals surface area contributed by atoms with Gasteiger partial charge in [0.1, 0.15) is 29.3 Å². The number of ether oxygens (including phenoxy) is 2. The lowest BCUT2D eigenvalue weighted by atomic mass is 10.0. The third-order valence-electron chi connectivity index (χ3n) is 6.92. The van der Waals surface area contributed by atoms with Crippen molar-refractivity contribution in [1.29, 1.82) is 0 Å². The number of para-hydroxylation sites is 1. The molecule has 0 aliphatic carbocycles. The number of hydrogen-bond acceptors (Lipinski definition) is 5. The summed E-state index contributed by atoms with van der Waals surface area (Å²) in [6.07, 6.45) is -0.749. The summed E-state index contributed by atoms with van der Waals surface area (Å²) in [5.74, 6) is -2.02. The highest BCUT2D eigenvalue weighted by molar-refractivity contribution is 5.92. The molecule has 2 atom stereocenters. The van der Waals surface area contributed by atoms with Crippen LogP contribution in [0.15, 0.2) is 91.0 Å². The summed E-state index contributed by atoms with van der Waals surface area (Å²) in [5.41, 5.74) is 1.66. The van der Waals surface area contributed by atoms with Crippen LogP contribution in [0, 0.1) is 17.5 Å². The smallest absolute Gasteiger partial charge is 0.338 e. The molecule has 4 aromatic carbocycles. The Morgan fingerprint density at radius 1 is 0.881 bits per heavy atom. The number of rotatable bonds is 8. The van der Waals surface area contributed by atoms with Gasteiger partial charge in [-0.25, -0.2) is 22.8 Å². The molecule has 1 heterocycles. The van der Waals surface area contributed by atoms with Gasteiger partial charge >= 0.3 is 12.0 Å². The van der Waals surface area contributed by atoms with Gasteiger partial charge in [-0.05, 0) is 59.7 Å². The van der Waals surface area contributed by atoms with Crippen LogP contribution in [0.5, 0.6) is 5.75 Å². The topological polar surface area (TPSA) is 79.9 Å². The van der Waals surface area contributed by atoms with E-state index in [1.807, 2.05) is 29.2 Å². The molecule has 0 aromatic heterocycles. The number of carbonyl (C=O) groups is 2. The molecule has 0 bridgehead atoms. The maximum atomic E-state index is 14.4. The average Bonchev–Trinajstić information content (AvgIpc) is 3.34. The molecule has 1 saturated heterocycles. The van der Waals surface area contributed by atoms with E-state index >= 15 is 0 Å². The molecule has 2 N–H and O–H groups in total. The van der Waals surface area contributed by atoms with Crippen molar-refractivity contribution in [3.63, 3.8) is 0 Å². The molecule has 5 rings (SSSR count). The summed E-state index contributed by atoms with van der Waals surface area (Å²) in [6, 6.07) is 21.5. The van der Waals surface area contributed by atoms with E-state index in [0.29, 0.717) is 30.9 Å². The molecule has 1 aliphatic heterocycles. The number of amides is 2. The standard InChI is InChI=1S/C32H28F3N3O4/c1-41-24-9-4-6-20(14-24)17-38-18-29(37-32(40)36-28-11-3-2-10-26(28)34)30(19-38)42-31(39)22-8-5-7-21(15-22)25-13-12-23(33)16-27(25)35/h2-16,29-30H,17-19H2,1H3,(H2,36,37,40)/t29-,30-/m0/s1. The van der Waals surface area contributed by atoms with Crippen molar-refractivity contribution >= 4 is 17.7 Å². The summed E-state index contributed by atoms with van der Waals surface area (Å²) < 4.78 is 53.0. The Kier molecular flexibility index (Phi) is 8.73. The van der Waals surface area contributed by atoms with Gasteiger partial charge in [-0.3, -0.25) is 4.90 Å². The minimum absolute atomic E-state index is 0.0135. The highest BCUT2D eigenvalue weighted by Crippen LogP contribution is 2.26. The first-order chi connectivity index (χ1) is 20.3. The second-order valence-corrected chi connectivity index (χ2v) is 9.88. The highest BCUT2D eigenvalue weighted by atomic mass is 19.1. The molecule has 2 amide bonds. The number of halogens is 3. The van der Waals surface area contributed by atoms with E-state index in [1.54, 1.807) is 25.3 Å². The van der Waals surface area contributed by atoms with E-state index in [0.717, 1.165) is 17.7 Å². The zero-order chi connectivity index (χ0) is 29.6. The number of likely N-dealkylation sites (tertiary alicyclic amines) is 1. The summed E-state index contributed by atoms with van der Waals surface area (Å²) in [7, 11) is 1.58. The number of benzene rings is 4. The van der Waals surface area contributed by atoms with Crippen LogP contribution in [-0.4, -0.2) is 49.2 Å². The monoisotopic (exact) mass is 575 g/mol. The average molecular weight is 576 g/mol. The third kappa shape index (κ3) is 6.90. The van der Waals surface area contributed by atoms with E-state index in [2.05, 4.69) is 10.6 Å². The van der Waals surface area contributed by atoms with Gasteiger partial charge in [0.25, 0.3) is 0 Å². The number of carbonyl (C=O) groups excluding carboxylic acids is 2. The second-order valence-electron chi connectivity index (χ2n) is 9.88. The van der Waals surface area contributed by atoms with Gasteiger partial charge in [0.05, 0.1) is 24.4 Å².